The second-order valence-electron chi connectivity index (χ2n) is 3.35. The van der Waals surface area contributed by atoms with Gasteiger partial charge in [-0.05, 0) is 19.4 Å². The molecule has 1 heterocycles. The van der Waals surface area contributed by atoms with E-state index in [1.54, 1.807) is 7.11 Å². The Hall–Kier alpha value is -0.610. The summed E-state index contributed by atoms with van der Waals surface area (Å²) < 4.78 is 4.87. The van der Waals surface area contributed by atoms with Crippen molar-refractivity contribution >= 4 is 5.91 Å². The summed E-state index contributed by atoms with van der Waals surface area (Å²) in [5.41, 5.74) is 0. The van der Waals surface area contributed by atoms with Crippen molar-refractivity contribution in [3.05, 3.63) is 0 Å². The molecule has 0 aromatic carbocycles. The van der Waals surface area contributed by atoms with Crippen LogP contribution in [0.3, 0.4) is 0 Å². The molecule has 2 N–H and O–H groups in total. The van der Waals surface area contributed by atoms with Crippen LogP contribution in [0.5, 0.6) is 0 Å². The van der Waals surface area contributed by atoms with Crippen LogP contribution in [0.25, 0.3) is 0 Å². The number of carbonyl (C=O) groups is 1. The van der Waals surface area contributed by atoms with Crippen molar-refractivity contribution in [1.29, 1.82) is 0 Å². The molecule has 1 saturated heterocycles. The number of ether oxygens (including phenoxy) is 1. The molecular weight excluding hydrogens is 168 g/mol. The molecule has 13 heavy (non-hydrogen) atoms. The maximum Gasteiger partial charge on any atom is 0.220 e. The average Bonchev–Trinajstić information content (AvgIpc) is 2.57. The first-order chi connectivity index (χ1) is 6.33. The van der Waals surface area contributed by atoms with Gasteiger partial charge < -0.3 is 15.4 Å². The second kappa shape index (κ2) is 5.94. The van der Waals surface area contributed by atoms with Gasteiger partial charge in [0.15, 0.2) is 0 Å². The standard InChI is InChI=1S/C9H18N2O2/c1-13-6-2-3-9(12)11-8-4-5-10-7-8/h8,10H,2-7H2,1H3,(H,11,12)/t8-/m1/s1. The van der Waals surface area contributed by atoms with Crippen LogP contribution in [-0.4, -0.2) is 38.8 Å². The van der Waals surface area contributed by atoms with E-state index in [9.17, 15) is 4.79 Å². The summed E-state index contributed by atoms with van der Waals surface area (Å²) in [4.78, 5) is 11.3. The quantitative estimate of drug-likeness (QED) is 0.589. The lowest BCUT2D eigenvalue weighted by molar-refractivity contribution is -0.122. The minimum Gasteiger partial charge on any atom is -0.385 e. The zero-order valence-corrected chi connectivity index (χ0v) is 8.14. The third kappa shape index (κ3) is 4.24. The molecule has 0 aromatic rings. The van der Waals surface area contributed by atoms with Crippen molar-refractivity contribution in [2.24, 2.45) is 0 Å². The topological polar surface area (TPSA) is 50.4 Å². The number of methoxy groups -OCH3 is 1. The first-order valence-electron chi connectivity index (χ1n) is 4.82. The van der Waals surface area contributed by atoms with Crippen LogP contribution in [0.2, 0.25) is 0 Å². The molecule has 0 bridgehead atoms. The fourth-order valence-electron chi connectivity index (χ4n) is 1.45. The first-order valence-corrected chi connectivity index (χ1v) is 4.82. The monoisotopic (exact) mass is 186 g/mol. The molecule has 1 aliphatic heterocycles. The van der Waals surface area contributed by atoms with Crippen LogP contribution in [0.15, 0.2) is 0 Å². The molecule has 1 rings (SSSR count). The lowest BCUT2D eigenvalue weighted by atomic mass is 10.2. The second-order valence-corrected chi connectivity index (χ2v) is 3.35. The minimum atomic E-state index is 0.144. The molecule has 4 nitrogen and oxygen atoms in total. The molecule has 0 spiro atoms. The Bertz CT molecular complexity index is 156. The molecule has 0 radical (unpaired) electrons. The van der Waals surface area contributed by atoms with Crippen molar-refractivity contribution in [2.45, 2.75) is 25.3 Å². The zero-order valence-electron chi connectivity index (χ0n) is 8.14. The minimum absolute atomic E-state index is 0.144. The Morgan fingerprint density at radius 3 is 3.15 bits per heavy atom. The highest BCUT2D eigenvalue weighted by molar-refractivity contribution is 5.76. The van der Waals surface area contributed by atoms with E-state index in [0.29, 0.717) is 19.1 Å². The van der Waals surface area contributed by atoms with Gasteiger partial charge in [-0.15, -0.1) is 0 Å². The van der Waals surface area contributed by atoms with Gasteiger partial charge in [-0.1, -0.05) is 0 Å². The number of rotatable bonds is 5. The van der Waals surface area contributed by atoms with E-state index in [0.717, 1.165) is 25.9 Å². The summed E-state index contributed by atoms with van der Waals surface area (Å²) in [6, 6.07) is 0.343. The lowest BCUT2D eigenvalue weighted by Crippen LogP contribution is -2.36. The number of carbonyl (C=O) groups excluding carboxylic acids is 1. The number of amides is 1. The molecule has 1 aliphatic rings. The van der Waals surface area contributed by atoms with Crippen LogP contribution in [0, 0.1) is 0 Å². The van der Waals surface area contributed by atoms with Gasteiger partial charge in [0.25, 0.3) is 0 Å². The maximum absolute atomic E-state index is 11.3. The molecule has 0 saturated carbocycles. The van der Waals surface area contributed by atoms with E-state index in [4.69, 9.17) is 4.74 Å². The molecular formula is C9H18N2O2. The van der Waals surface area contributed by atoms with Crippen LogP contribution >= 0.6 is 0 Å². The number of hydrogen-bond donors (Lipinski definition) is 2. The van der Waals surface area contributed by atoms with Gasteiger partial charge in [0, 0.05) is 32.7 Å². The smallest absolute Gasteiger partial charge is 0.220 e. The zero-order chi connectivity index (χ0) is 9.52. The number of hydrogen-bond acceptors (Lipinski definition) is 3. The summed E-state index contributed by atoms with van der Waals surface area (Å²) in [6.45, 7) is 2.59. The molecule has 1 atom stereocenters. The molecule has 1 amide bonds. The Morgan fingerprint density at radius 1 is 1.69 bits per heavy atom. The predicted molar refractivity (Wildman–Crippen MR) is 50.5 cm³/mol. The fraction of sp³-hybridized carbons (Fsp3) is 0.889. The highest BCUT2D eigenvalue weighted by Crippen LogP contribution is 1.98. The van der Waals surface area contributed by atoms with Crippen molar-refractivity contribution in [3.8, 4) is 0 Å². The van der Waals surface area contributed by atoms with Crippen LogP contribution in [-0.2, 0) is 9.53 Å². The van der Waals surface area contributed by atoms with Crippen molar-refractivity contribution in [2.75, 3.05) is 26.8 Å². The summed E-state index contributed by atoms with van der Waals surface area (Å²) in [6.07, 6.45) is 2.43. The summed E-state index contributed by atoms with van der Waals surface area (Å²) in [5, 5.41) is 6.19. The lowest BCUT2D eigenvalue weighted by Gasteiger charge is -2.10. The third-order valence-corrected chi connectivity index (χ3v) is 2.18. The van der Waals surface area contributed by atoms with Crippen molar-refractivity contribution in [1.82, 2.24) is 10.6 Å². The van der Waals surface area contributed by atoms with Gasteiger partial charge in [-0.25, -0.2) is 0 Å². The molecule has 0 unspecified atom stereocenters. The van der Waals surface area contributed by atoms with E-state index < -0.39 is 0 Å². The van der Waals surface area contributed by atoms with E-state index in [-0.39, 0.29) is 5.91 Å². The maximum atomic E-state index is 11.3. The normalized spacial score (nSPS) is 21.8. The molecule has 0 aromatic heterocycles. The number of nitrogens with one attached hydrogen (secondary N) is 2. The van der Waals surface area contributed by atoms with Gasteiger partial charge in [0.2, 0.25) is 5.91 Å². The molecule has 0 aliphatic carbocycles. The fourth-order valence-corrected chi connectivity index (χ4v) is 1.45. The third-order valence-electron chi connectivity index (χ3n) is 2.18. The van der Waals surface area contributed by atoms with Gasteiger partial charge in [0.05, 0.1) is 0 Å². The van der Waals surface area contributed by atoms with Crippen molar-refractivity contribution in [3.63, 3.8) is 0 Å². The summed E-state index contributed by atoms with van der Waals surface area (Å²) in [7, 11) is 1.65. The molecule has 1 fully saturated rings. The molecule has 4 heteroatoms. The van der Waals surface area contributed by atoms with E-state index in [1.807, 2.05) is 0 Å². The SMILES string of the molecule is COCCCC(=O)N[C@@H]1CCNC1. The van der Waals surface area contributed by atoms with E-state index in [1.165, 1.54) is 0 Å². The highest BCUT2D eigenvalue weighted by atomic mass is 16.5. The van der Waals surface area contributed by atoms with Gasteiger partial charge >= 0.3 is 0 Å². The van der Waals surface area contributed by atoms with Gasteiger partial charge in [0.1, 0.15) is 0 Å². The summed E-state index contributed by atoms with van der Waals surface area (Å²) in [5.74, 6) is 0.144. The largest absolute Gasteiger partial charge is 0.385 e. The van der Waals surface area contributed by atoms with Crippen molar-refractivity contribution < 1.29 is 9.53 Å². The Morgan fingerprint density at radius 2 is 2.54 bits per heavy atom. The predicted octanol–water partition coefficient (Wildman–Crippen LogP) is -0.109. The van der Waals surface area contributed by atoms with Gasteiger partial charge in [-0.3, -0.25) is 4.79 Å². The van der Waals surface area contributed by atoms with Crippen LogP contribution in [0.1, 0.15) is 19.3 Å². The Kier molecular flexibility index (Phi) is 4.78. The Balaban J connectivity index is 2.02. The van der Waals surface area contributed by atoms with Crippen LogP contribution < -0.4 is 10.6 Å². The van der Waals surface area contributed by atoms with E-state index in [2.05, 4.69) is 10.6 Å². The molecule has 76 valence electrons. The first kappa shape index (κ1) is 10.5. The van der Waals surface area contributed by atoms with E-state index >= 15 is 0 Å². The highest BCUT2D eigenvalue weighted by Gasteiger charge is 2.15. The average molecular weight is 186 g/mol. The summed E-state index contributed by atoms with van der Waals surface area (Å²) >= 11 is 0. The van der Waals surface area contributed by atoms with Crippen LogP contribution in [0.4, 0.5) is 0 Å². The van der Waals surface area contributed by atoms with Gasteiger partial charge in [-0.2, -0.15) is 0 Å². The Labute approximate surface area is 79.0 Å².